The highest BCUT2D eigenvalue weighted by molar-refractivity contribution is 7.09. The van der Waals surface area contributed by atoms with Crippen LogP contribution in [0.1, 0.15) is 48.2 Å². The van der Waals surface area contributed by atoms with Gasteiger partial charge < -0.3 is 5.11 Å². The molecule has 0 saturated carbocycles. The first-order valence-corrected chi connectivity index (χ1v) is 8.33. The van der Waals surface area contributed by atoms with E-state index in [1.165, 1.54) is 16.7 Å². The van der Waals surface area contributed by atoms with Crippen LogP contribution in [0.5, 0.6) is 0 Å². The molecule has 0 radical (unpaired) electrons. The van der Waals surface area contributed by atoms with Gasteiger partial charge in [-0.15, -0.1) is 11.3 Å². The largest absolute Gasteiger partial charge is 0.392 e. The molecule has 0 aliphatic carbocycles. The number of nitrogens with zero attached hydrogens (tertiary/aromatic N) is 1. The number of rotatable bonds is 4. The van der Waals surface area contributed by atoms with Gasteiger partial charge in [-0.3, -0.25) is 0 Å². The van der Waals surface area contributed by atoms with Gasteiger partial charge >= 0.3 is 0 Å². The van der Waals surface area contributed by atoms with E-state index in [2.05, 4.69) is 63.2 Å². The SMILES string of the molecule is Cc1ccc(C)c(CC(O)Cc2nc(C(C)(C)C)cs2)c1. The number of hydrogen-bond donors (Lipinski definition) is 1. The lowest BCUT2D eigenvalue weighted by Crippen LogP contribution is -2.16. The molecule has 2 nitrogen and oxygen atoms in total. The van der Waals surface area contributed by atoms with Gasteiger partial charge in [0.2, 0.25) is 0 Å². The number of hydrogen-bond acceptors (Lipinski definition) is 3. The summed E-state index contributed by atoms with van der Waals surface area (Å²) in [7, 11) is 0. The molecule has 0 aliphatic heterocycles. The average molecular weight is 303 g/mol. The molecule has 1 unspecified atom stereocenters. The van der Waals surface area contributed by atoms with Crippen LogP contribution in [0.25, 0.3) is 0 Å². The maximum absolute atomic E-state index is 10.4. The highest BCUT2D eigenvalue weighted by atomic mass is 32.1. The van der Waals surface area contributed by atoms with Crippen LogP contribution in [0.3, 0.4) is 0 Å². The number of aromatic nitrogens is 1. The molecule has 1 N–H and O–H groups in total. The highest BCUT2D eigenvalue weighted by Gasteiger charge is 2.18. The molecule has 1 aromatic heterocycles. The van der Waals surface area contributed by atoms with Crippen molar-refractivity contribution in [3.63, 3.8) is 0 Å². The third-order valence-corrected chi connectivity index (χ3v) is 4.56. The average Bonchev–Trinajstić information content (AvgIpc) is 2.82. The Morgan fingerprint density at radius 3 is 2.52 bits per heavy atom. The minimum Gasteiger partial charge on any atom is -0.392 e. The summed E-state index contributed by atoms with van der Waals surface area (Å²) in [6.07, 6.45) is 0.955. The van der Waals surface area contributed by atoms with Gasteiger partial charge in [-0.1, -0.05) is 44.5 Å². The molecule has 1 heterocycles. The Kier molecular flexibility index (Phi) is 4.84. The van der Waals surface area contributed by atoms with E-state index >= 15 is 0 Å². The molecule has 0 amide bonds. The zero-order valence-corrected chi connectivity index (χ0v) is 14.4. The van der Waals surface area contributed by atoms with Crippen molar-refractivity contribution in [2.24, 2.45) is 0 Å². The van der Waals surface area contributed by atoms with Crippen LogP contribution in [-0.4, -0.2) is 16.2 Å². The summed E-state index contributed by atoms with van der Waals surface area (Å²) in [6.45, 7) is 10.7. The minimum absolute atomic E-state index is 0.0762. The zero-order chi connectivity index (χ0) is 15.6. The quantitative estimate of drug-likeness (QED) is 0.918. The van der Waals surface area contributed by atoms with Crippen molar-refractivity contribution in [1.82, 2.24) is 4.98 Å². The molecule has 1 atom stereocenters. The third-order valence-electron chi connectivity index (χ3n) is 3.69. The summed E-state index contributed by atoms with van der Waals surface area (Å²) in [4.78, 5) is 4.66. The smallest absolute Gasteiger partial charge is 0.0954 e. The molecular formula is C18H25NOS. The fourth-order valence-corrected chi connectivity index (χ4v) is 3.39. The Hall–Kier alpha value is -1.19. The Bertz CT molecular complexity index is 610. The van der Waals surface area contributed by atoms with Crippen molar-refractivity contribution in [2.45, 2.75) is 59.0 Å². The van der Waals surface area contributed by atoms with Gasteiger partial charge in [0.1, 0.15) is 0 Å². The standard InChI is InChI=1S/C18H25NOS/c1-12-6-7-13(2)14(8-12)9-15(20)10-17-19-16(11-21-17)18(3,4)5/h6-8,11,15,20H,9-10H2,1-5H3. The van der Waals surface area contributed by atoms with Gasteiger partial charge in [0.15, 0.2) is 0 Å². The molecule has 0 fully saturated rings. The molecule has 0 bridgehead atoms. The number of aryl methyl sites for hydroxylation is 2. The molecule has 2 aromatic rings. The van der Waals surface area contributed by atoms with Crippen LogP contribution in [0.4, 0.5) is 0 Å². The lowest BCUT2D eigenvalue weighted by Gasteiger charge is -2.15. The van der Waals surface area contributed by atoms with E-state index in [4.69, 9.17) is 0 Å². The fraction of sp³-hybridized carbons (Fsp3) is 0.500. The second-order valence-electron chi connectivity index (χ2n) is 6.87. The van der Waals surface area contributed by atoms with Gasteiger partial charge in [0.25, 0.3) is 0 Å². The van der Waals surface area contributed by atoms with E-state index in [0.717, 1.165) is 10.7 Å². The topological polar surface area (TPSA) is 33.1 Å². The van der Waals surface area contributed by atoms with Crippen molar-refractivity contribution in [2.75, 3.05) is 0 Å². The van der Waals surface area contributed by atoms with Gasteiger partial charge in [0, 0.05) is 17.2 Å². The summed E-state index contributed by atoms with van der Waals surface area (Å²) >= 11 is 1.65. The number of aliphatic hydroxyl groups excluding tert-OH is 1. The normalized spacial score (nSPS) is 13.4. The van der Waals surface area contributed by atoms with Gasteiger partial charge in [-0.25, -0.2) is 4.98 Å². The Balaban J connectivity index is 2.03. The summed E-state index contributed by atoms with van der Waals surface area (Å²) in [6, 6.07) is 6.40. The van der Waals surface area contributed by atoms with E-state index in [1.54, 1.807) is 11.3 Å². The maximum atomic E-state index is 10.4. The number of aliphatic hydroxyl groups is 1. The monoisotopic (exact) mass is 303 g/mol. The second-order valence-corrected chi connectivity index (χ2v) is 7.81. The van der Waals surface area contributed by atoms with Crippen LogP contribution in [-0.2, 0) is 18.3 Å². The lowest BCUT2D eigenvalue weighted by molar-refractivity contribution is 0.175. The van der Waals surface area contributed by atoms with Crippen LogP contribution in [0, 0.1) is 13.8 Å². The van der Waals surface area contributed by atoms with Gasteiger partial charge in [-0.2, -0.15) is 0 Å². The molecule has 0 saturated heterocycles. The van der Waals surface area contributed by atoms with Gasteiger partial charge in [0.05, 0.1) is 16.8 Å². The van der Waals surface area contributed by atoms with Crippen molar-refractivity contribution >= 4 is 11.3 Å². The lowest BCUT2D eigenvalue weighted by atomic mass is 9.93. The second kappa shape index (κ2) is 6.29. The highest BCUT2D eigenvalue weighted by Crippen LogP contribution is 2.25. The van der Waals surface area contributed by atoms with Crippen LogP contribution >= 0.6 is 11.3 Å². The predicted octanol–water partition coefficient (Wildman–Crippen LogP) is 4.20. The Morgan fingerprint density at radius 2 is 1.90 bits per heavy atom. The summed E-state index contributed by atoms with van der Waals surface area (Å²) in [5.74, 6) is 0. The summed E-state index contributed by atoms with van der Waals surface area (Å²) in [5, 5.41) is 13.5. The fourth-order valence-electron chi connectivity index (χ4n) is 2.30. The Morgan fingerprint density at radius 1 is 1.19 bits per heavy atom. The first-order valence-electron chi connectivity index (χ1n) is 7.45. The van der Waals surface area contributed by atoms with E-state index in [0.29, 0.717) is 12.8 Å². The molecular weight excluding hydrogens is 278 g/mol. The van der Waals surface area contributed by atoms with E-state index in [-0.39, 0.29) is 11.5 Å². The van der Waals surface area contributed by atoms with Crippen LogP contribution in [0.15, 0.2) is 23.6 Å². The predicted molar refractivity (Wildman–Crippen MR) is 90.1 cm³/mol. The molecule has 114 valence electrons. The van der Waals surface area contributed by atoms with Crippen molar-refractivity contribution in [3.8, 4) is 0 Å². The molecule has 1 aromatic carbocycles. The van der Waals surface area contributed by atoms with E-state index in [9.17, 15) is 5.11 Å². The molecule has 0 aliphatic rings. The van der Waals surface area contributed by atoms with Crippen molar-refractivity contribution < 1.29 is 5.11 Å². The van der Waals surface area contributed by atoms with Crippen LogP contribution < -0.4 is 0 Å². The first kappa shape index (κ1) is 16.2. The van der Waals surface area contributed by atoms with E-state index < -0.39 is 0 Å². The first-order chi connectivity index (χ1) is 9.75. The molecule has 2 rings (SSSR count). The number of thiazole rings is 1. The van der Waals surface area contributed by atoms with Gasteiger partial charge in [-0.05, 0) is 31.4 Å². The van der Waals surface area contributed by atoms with Crippen molar-refractivity contribution in [1.29, 1.82) is 0 Å². The summed E-state index contributed by atoms with van der Waals surface area (Å²) in [5.41, 5.74) is 4.91. The third kappa shape index (κ3) is 4.39. The zero-order valence-electron chi connectivity index (χ0n) is 13.6. The minimum atomic E-state index is -0.371. The Labute approximate surface area is 131 Å². The number of benzene rings is 1. The van der Waals surface area contributed by atoms with Crippen molar-refractivity contribution in [3.05, 3.63) is 51.0 Å². The molecule has 21 heavy (non-hydrogen) atoms. The molecule has 3 heteroatoms. The van der Waals surface area contributed by atoms with Crippen LogP contribution in [0.2, 0.25) is 0 Å². The van der Waals surface area contributed by atoms with E-state index in [1.807, 2.05) is 0 Å². The maximum Gasteiger partial charge on any atom is 0.0954 e. The summed E-state index contributed by atoms with van der Waals surface area (Å²) < 4.78 is 0. The molecule has 0 spiro atoms.